The van der Waals surface area contributed by atoms with Crippen LogP contribution in [-0.2, 0) is 16.1 Å². The Morgan fingerprint density at radius 2 is 2.05 bits per heavy atom. The molecule has 1 amide bonds. The Balaban J connectivity index is 2.92. The van der Waals surface area contributed by atoms with Gasteiger partial charge in [-0.05, 0) is 18.9 Å². The maximum absolute atomic E-state index is 12.1. The van der Waals surface area contributed by atoms with Gasteiger partial charge in [-0.3, -0.25) is 4.79 Å². The minimum Gasteiger partial charge on any atom is -0.348 e. The molecule has 1 N–H and O–H groups in total. The first-order chi connectivity index (χ1) is 8.66. The number of nitrogens with zero attached hydrogens (tertiary/aromatic N) is 1. The number of halogens is 1. The first-order valence-electron chi connectivity index (χ1n) is 6.08. The van der Waals surface area contributed by atoms with Gasteiger partial charge in [0, 0.05) is 30.0 Å². The lowest BCUT2D eigenvalue weighted by Gasteiger charge is -2.19. The van der Waals surface area contributed by atoms with Crippen molar-refractivity contribution < 1.29 is 13.2 Å². The van der Waals surface area contributed by atoms with Crippen LogP contribution in [-0.4, -0.2) is 24.9 Å². The molecule has 108 valence electrons. The van der Waals surface area contributed by atoms with Gasteiger partial charge in [-0.1, -0.05) is 20.3 Å². The van der Waals surface area contributed by atoms with E-state index in [1.54, 1.807) is 7.05 Å². The second-order valence-electron chi connectivity index (χ2n) is 4.76. The highest BCUT2D eigenvalue weighted by Crippen LogP contribution is 2.18. The predicted octanol–water partition coefficient (Wildman–Crippen LogP) is 2.12. The lowest BCUT2D eigenvalue weighted by atomic mass is 10.0. The van der Waals surface area contributed by atoms with Gasteiger partial charge < -0.3 is 9.88 Å². The van der Waals surface area contributed by atoms with Gasteiger partial charge in [-0.15, -0.1) is 0 Å². The number of hydrogen-bond donors (Lipinski definition) is 1. The van der Waals surface area contributed by atoms with Gasteiger partial charge in [0.05, 0.1) is 0 Å². The van der Waals surface area contributed by atoms with Gasteiger partial charge in [0.2, 0.25) is 0 Å². The highest BCUT2D eigenvalue weighted by atomic mass is 35.7. The second kappa shape index (κ2) is 5.96. The molecule has 0 aliphatic heterocycles. The topological polar surface area (TPSA) is 68.2 Å². The zero-order valence-electron chi connectivity index (χ0n) is 11.5. The molecule has 7 heteroatoms. The largest absolute Gasteiger partial charge is 0.348 e. The van der Waals surface area contributed by atoms with Gasteiger partial charge in [0.25, 0.3) is 15.0 Å². The van der Waals surface area contributed by atoms with Crippen LogP contribution in [0.5, 0.6) is 0 Å². The van der Waals surface area contributed by atoms with E-state index in [-0.39, 0.29) is 22.5 Å². The van der Waals surface area contributed by atoms with Gasteiger partial charge in [0.15, 0.2) is 0 Å². The monoisotopic (exact) mass is 306 g/mol. The van der Waals surface area contributed by atoms with Crippen molar-refractivity contribution in [3.8, 4) is 0 Å². The summed E-state index contributed by atoms with van der Waals surface area (Å²) in [4.78, 5) is 12.0. The van der Waals surface area contributed by atoms with Crippen LogP contribution in [0.15, 0.2) is 17.2 Å². The van der Waals surface area contributed by atoms with Crippen molar-refractivity contribution in [3.63, 3.8) is 0 Å². The van der Waals surface area contributed by atoms with Crippen molar-refractivity contribution in [2.75, 3.05) is 0 Å². The molecule has 0 saturated carbocycles. The molecule has 0 aliphatic rings. The standard InChI is InChI=1S/C12H19ClN2O3S/c1-5-8(2)9(3)14-12(16)11-6-10(7-15(11)4)19(13,17)18/h6-9H,5H2,1-4H3,(H,14,16). The molecule has 1 heterocycles. The minimum absolute atomic E-state index is 0.0171. The number of aromatic nitrogens is 1. The predicted molar refractivity (Wildman–Crippen MR) is 74.8 cm³/mol. The Bertz CT molecular complexity index is 566. The van der Waals surface area contributed by atoms with E-state index in [2.05, 4.69) is 5.32 Å². The van der Waals surface area contributed by atoms with Crippen LogP contribution in [0, 0.1) is 5.92 Å². The molecule has 0 aromatic carbocycles. The van der Waals surface area contributed by atoms with Crippen molar-refractivity contribution in [2.24, 2.45) is 13.0 Å². The first-order valence-corrected chi connectivity index (χ1v) is 8.39. The molecule has 2 unspecified atom stereocenters. The van der Waals surface area contributed by atoms with E-state index in [1.165, 1.54) is 16.8 Å². The molecule has 19 heavy (non-hydrogen) atoms. The lowest BCUT2D eigenvalue weighted by molar-refractivity contribution is 0.0920. The maximum atomic E-state index is 12.1. The summed E-state index contributed by atoms with van der Waals surface area (Å²) in [6, 6.07) is 1.30. The van der Waals surface area contributed by atoms with Crippen LogP contribution in [0.2, 0.25) is 0 Å². The van der Waals surface area contributed by atoms with E-state index in [1.807, 2.05) is 20.8 Å². The average molecular weight is 307 g/mol. The van der Waals surface area contributed by atoms with Crippen LogP contribution in [0.4, 0.5) is 0 Å². The molecule has 0 aliphatic carbocycles. The summed E-state index contributed by atoms with van der Waals surface area (Å²) < 4.78 is 23.9. The highest BCUT2D eigenvalue weighted by Gasteiger charge is 2.20. The lowest BCUT2D eigenvalue weighted by Crippen LogP contribution is -2.37. The number of amides is 1. The Kier molecular flexibility index (Phi) is 5.04. The SMILES string of the molecule is CCC(C)C(C)NC(=O)c1cc(S(=O)(=O)Cl)cn1C. The molecule has 1 aromatic rings. The third-order valence-electron chi connectivity index (χ3n) is 3.35. The summed E-state index contributed by atoms with van der Waals surface area (Å²) in [5.41, 5.74) is 0.273. The van der Waals surface area contributed by atoms with Crippen molar-refractivity contribution in [1.29, 1.82) is 0 Å². The molecule has 2 atom stereocenters. The number of carbonyl (C=O) groups is 1. The van der Waals surface area contributed by atoms with E-state index in [0.29, 0.717) is 5.92 Å². The Morgan fingerprint density at radius 3 is 2.47 bits per heavy atom. The van der Waals surface area contributed by atoms with Crippen LogP contribution < -0.4 is 5.32 Å². The molecular formula is C12H19ClN2O3S. The Labute approximate surface area is 118 Å². The van der Waals surface area contributed by atoms with Gasteiger partial charge in [-0.2, -0.15) is 0 Å². The van der Waals surface area contributed by atoms with Crippen molar-refractivity contribution in [3.05, 3.63) is 18.0 Å². The summed E-state index contributed by atoms with van der Waals surface area (Å²) in [6.07, 6.45) is 2.28. The van der Waals surface area contributed by atoms with E-state index in [0.717, 1.165) is 6.42 Å². The molecule has 1 aromatic heterocycles. The fourth-order valence-electron chi connectivity index (χ4n) is 1.67. The number of rotatable bonds is 5. The van der Waals surface area contributed by atoms with Crippen molar-refractivity contribution in [2.45, 2.75) is 38.1 Å². The van der Waals surface area contributed by atoms with Gasteiger partial charge >= 0.3 is 0 Å². The molecule has 0 fully saturated rings. The highest BCUT2D eigenvalue weighted by molar-refractivity contribution is 8.13. The fourth-order valence-corrected chi connectivity index (χ4v) is 2.46. The number of aryl methyl sites for hydroxylation is 1. The van der Waals surface area contributed by atoms with Crippen LogP contribution in [0.25, 0.3) is 0 Å². The van der Waals surface area contributed by atoms with E-state index in [4.69, 9.17) is 10.7 Å². The first kappa shape index (κ1) is 16.0. The minimum atomic E-state index is -3.82. The zero-order chi connectivity index (χ0) is 14.8. The molecule has 0 saturated heterocycles. The van der Waals surface area contributed by atoms with E-state index >= 15 is 0 Å². The normalized spacial score (nSPS) is 15.0. The molecule has 0 spiro atoms. The Hall–Kier alpha value is -1.01. The summed E-state index contributed by atoms with van der Waals surface area (Å²) in [6.45, 7) is 6.02. The molecular weight excluding hydrogens is 288 g/mol. The maximum Gasteiger partial charge on any atom is 0.268 e. The van der Waals surface area contributed by atoms with Crippen LogP contribution in [0.1, 0.15) is 37.7 Å². The summed E-state index contributed by atoms with van der Waals surface area (Å²) >= 11 is 0. The average Bonchev–Trinajstić information content (AvgIpc) is 2.69. The second-order valence-corrected chi connectivity index (χ2v) is 7.32. The number of hydrogen-bond acceptors (Lipinski definition) is 3. The smallest absolute Gasteiger partial charge is 0.268 e. The molecule has 5 nitrogen and oxygen atoms in total. The number of carbonyl (C=O) groups excluding carboxylic acids is 1. The van der Waals surface area contributed by atoms with Gasteiger partial charge in [-0.25, -0.2) is 8.42 Å². The quantitative estimate of drug-likeness (QED) is 0.847. The third-order valence-corrected chi connectivity index (χ3v) is 4.67. The van der Waals surface area contributed by atoms with Crippen LogP contribution >= 0.6 is 10.7 Å². The third kappa shape index (κ3) is 3.98. The van der Waals surface area contributed by atoms with Crippen molar-refractivity contribution in [1.82, 2.24) is 9.88 Å². The summed E-state index contributed by atoms with van der Waals surface area (Å²) in [5, 5.41) is 2.85. The summed E-state index contributed by atoms with van der Waals surface area (Å²) in [7, 11) is 3.04. The van der Waals surface area contributed by atoms with Gasteiger partial charge in [0.1, 0.15) is 10.6 Å². The van der Waals surface area contributed by atoms with Crippen molar-refractivity contribution >= 4 is 25.6 Å². The zero-order valence-corrected chi connectivity index (χ0v) is 13.0. The Morgan fingerprint density at radius 1 is 1.47 bits per heavy atom. The molecule has 0 bridgehead atoms. The fraction of sp³-hybridized carbons (Fsp3) is 0.583. The van der Waals surface area contributed by atoms with Crippen LogP contribution in [0.3, 0.4) is 0 Å². The number of nitrogens with one attached hydrogen (secondary N) is 1. The van der Waals surface area contributed by atoms with E-state index < -0.39 is 9.05 Å². The molecule has 1 rings (SSSR count). The summed E-state index contributed by atoms with van der Waals surface area (Å²) in [5.74, 6) is 0.0438. The van der Waals surface area contributed by atoms with E-state index in [9.17, 15) is 13.2 Å². The molecule has 0 radical (unpaired) electrons.